The van der Waals surface area contributed by atoms with Gasteiger partial charge < -0.3 is 5.32 Å². The summed E-state index contributed by atoms with van der Waals surface area (Å²) in [7, 11) is -3.67. The van der Waals surface area contributed by atoms with Gasteiger partial charge in [0.05, 0.1) is 6.54 Å². The lowest BCUT2D eigenvalue weighted by atomic mass is 10.1. The lowest BCUT2D eigenvalue weighted by Gasteiger charge is -2.07. The number of benzene rings is 1. The largest absolute Gasteiger partial charge is 0.325 e. The first-order chi connectivity index (χ1) is 10.4. The van der Waals surface area contributed by atoms with E-state index in [-0.39, 0.29) is 16.5 Å². The first-order valence-electron chi connectivity index (χ1n) is 6.32. The third-order valence-electron chi connectivity index (χ3n) is 2.74. The second-order valence-corrected chi connectivity index (χ2v) is 7.38. The molecule has 1 aromatic heterocycles. The van der Waals surface area contributed by atoms with E-state index >= 15 is 0 Å². The Labute approximate surface area is 132 Å². The lowest BCUT2D eigenvalue weighted by molar-refractivity contribution is -0.115. The molecule has 6 nitrogen and oxygen atoms in total. The van der Waals surface area contributed by atoms with E-state index in [0.717, 1.165) is 11.3 Å². The molecule has 1 aromatic carbocycles. The second kappa shape index (κ2) is 6.82. The molecule has 0 unspecified atom stereocenters. The maximum Gasteiger partial charge on any atom is 0.250 e. The topological polar surface area (TPSA) is 92.3 Å². The van der Waals surface area contributed by atoms with Crippen LogP contribution < -0.4 is 10.0 Å². The minimum Gasteiger partial charge on any atom is -0.325 e. The van der Waals surface area contributed by atoms with Crippen LogP contribution in [0.1, 0.15) is 17.3 Å². The minimum absolute atomic E-state index is 0.116. The van der Waals surface area contributed by atoms with E-state index in [0.29, 0.717) is 11.3 Å². The molecule has 0 radical (unpaired) electrons. The Balaban J connectivity index is 1.96. The van der Waals surface area contributed by atoms with E-state index in [9.17, 15) is 18.0 Å². The highest BCUT2D eigenvalue weighted by atomic mass is 32.2. The molecule has 0 aliphatic carbocycles. The van der Waals surface area contributed by atoms with Gasteiger partial charge in [-0.05, 0) is 30.5 Å². The summed E-state index contributed by atoms with van der Waals surface area (Å²) in [6.45, 7) is 1.04. The smallest absolute Gasteiger partial charge is 0.250 e. The van der Waals surface area contributed by atoms with Crippen LogP contribution in [-0.2, 0) is 14.8 Å². The van der Waals surface area contributed by atoms with Crippen LogP contribution >= 0.6 is 11.3 Å². The fourth-order valence-corrected chi connectivity index (χ4v) is 3.69. The third kappa shape index (κ3) is 4.23. The van der Waals surface area contributed by atoms with Crippen molar-refractivity contribution >= 4 is 38.7 Å². The van der Waals surface area contributed by atoms with Crippen molar-refractivity contribution in [1.82, 2.24) is 4.72 Å². The molecule has 8 heteroatoms. The van der Waals surface area contributed by atoms with Gasteiger partial charge in [-0.1, -0.05) is 18.2 Å². The Morgan fingerprint density at radius 1 is 1.18 bits per heavy atom. The van der Waals surface area contributed by atoms with Crippen LogP contribution in [0.25, 0.3) is 0 Å². The number of hydrogen-bond acceptors (Lipinski definition) is 5. The fourth-order valence-electron chi connectivity index (χ4n) is 1.67. The van der Waals surface area contributed by atoms with Crippen molar-refractivity contribution in [1.29, 1.82) is 0 Å². The van der Waals surface area contributed by atoms with Crippen LogP contribution in [0, 0.1) is 0 Å². The zero-order chi connectivity index (χ0) is 16.2. The molecular formula is C14H14N2O4S2. The number of Topliss-reactive ketones (excluding diaryl/α,β-unsaturated/α-hetero) is 1. The number of ketones is 1. The molecule has 0 bridgehead atoms. The van der Waals surface area contributed by atoms with Crippen LogP contribution in [0.2, 0.25) is 0 Å². The average molecular weight is 338 g/mol. The van der Waals surface area contributed by atoms with Gasteiger partial charge in [0.25, 0.3) is 10.0 Å². The maximum absolute atomic E-state index is 11.9. The molecule has 116 valence electrons. The van der Waals surface area contributed by atoms with Crippen LogP contribution in [0.15, 0.2) is 46.0 Å². The number of nitrogens with one attached hydrogen (secondary N) is 2. The van der Waals surface area contributed by atoms with Crippen molar-refractivity contribution in [2.45, 2.75) is 11.1 Å². The number of carbonyl (C=O) groups excluding carboxylic acids is 2. The fraction of sp³-hybridized carbons (Fsp3) is 0.143. The zero-order valence-corrected chi connectivity index (χ0v) is 13.3. The summed E-state index contributed by atoms with van der Waals surface area (Å²) < 4.78 is 26.1. The monoisotopic (exact) mass is 338 g/mol. The van der Waals surface area contributed by atoms with E-state index in [4.69, 9.17) is 0 Å². The van der Waals surface area contributed by atoms with Crippen molar-refractivity contribution in [2.24, 2.45) is 0 Å². The Morgan fingerprint density at radius 3 is 2.59 bits per heavy atom. The Kier molecular flexibility index (Phi) is 5.07. The molecule has 2 aromatic rings. The Hall–Kier alpha value is -2.03. The maximum atomic E-state index is 11.9. The average Bonchev–Trinajstić information content (AvgIpc) is 3.00. The van der Waals surface area contributed by atoms with Gasteiger partial charge in [0.2, 0.25) is 5.91 Å². The lowest BCUT2D eigenvalue weighted by Crippen LogP contribution is -2.32. The van der Waals surface area contributed by atoms with Crippen molar-refractivity contribution in [3.63, 3.8) is 0 Å². The van der Waals surface area contributed by atoms with Gasteiger partial charge in [-0.2, -0.15) is 0 Å². The van der Waals surface area contributed by atoms with E-state index in [1.165, 1.54) is 19.1 Å². The van der Waals surface area contributed by atoms with Gasteiger partial charge in [0.15, 0.2) is 5.78 Å². The number of amides is 1. The molecule has 1 amide bonds. The number of carbonyl (C=O) groups is 2. The van der Waals surface area contributed by atoms with Gasteiger partial charge in [0, 0.05) is 11.3 Å². The van der Waals surface area contributed by atoms with E-state index in [1.807, 2.05) is 0 Å². The highest BCUT2D eigenvalue weighted by molar-refractivity contribution is 7.91. The number of sulfonamides is 1. The minimum atomic E-state index is -3.67. The third-order valence-corrected chi connectivity index (χ3v) is 5.53. The molecule has 2 rings (SSSR count). The van der Waals surface area contributed by atoms with Crippen molar-refractivity contribution in [3.8, 4) is 0 Å². The zero-order valence-electron chi connectivity index (χ0n) is 11.7. The van der Waals surface area contributed by atoms with Crippen LogP contribution in [0.3, 0.4) is 0 Å². The van der Waals surface area contributed by atoms with Crippen LogP contribution in [-0.4, -0.2) is 26.7 Å². The molecular weight excluding hydrogens is 324 g/mol. The molecule has 0 atom stereocenters. The summed E-state index contributed by atoms with van der Waals surface area (Å²) >= 11 is 1.07. The number of rotatable bonds is 6. The van der Waals surface area contributed by atoms with E-state index in [1.54, 1.807) is 29.6 Å². The summed E-state index contributed by atoms with van der Waals surface area (Å²) in [6, 6.07) is 9.51. The van der Waals surface area contributed by atoms with Gasteiger partial charge >= 0.3 is 0 Å². The summed E-state index contributed by atoms with van der Waals surface area (Å²) in [6.07, 6.45) is 0. The molecule has 0 spiro atoms. The first-order valence-corrected chi connectivity index (χ1v) is 8.69. The van der Waals surface area contributed by atoms with Gasteiger partial charge in [0.1, 0.15) is 4.21 Å². The van der Waals surface area contributed by atoms with Crippen molar-refractivity contribution in [2.75, 3.05) is 11.9 Å². The summed E-state index contributed by atoms with van der Waals surface area (Å²) in [5.74, 6) is -0.629. The normalized spacial score (nSPS) is 11.1. The standard InChI is InChI=1S/C14H14N2O4S2/c1-10(17)11-4-2-5-12(8-11)16-13(18)9-15-22(19,20)14-6-3-7-21-14/h2-8,15H,9H2,1H3,(H,16,18). The van der Waals surface area contributed by atoms with Gasteiger partial charge in [-0.3, -0.25) is 9.59 Å². The highest BCUT2D eigenvalue weighted by Gasteiger charge is 2.16. The number of hydrogen-bond donors (Lipinski definition) is 2. The molecule has 0 saturated carbocycles. The molecule has 22 heavy (non-hydrogen) atoms. The summed E-state index contributed by atoms with van der Waals surface area (Å²) in [4.78, 5) is 23.1. The number of anilines is 1. The molecule has 0 aliphatic rings. The van der Waals surface area contributed by atoms with Crippen molar-refractivity contribution in [3.05, 3.63) is 47.3 Å². The summed E-state index contributed by atoms with van der Waals surface area (Å²) in [5.41, 5.74) is 0.907. The van der Waals surface area contributed by atoms with Crippen molar-refractivity contribution < 1.29 is 18.0 Å². The number of thiophene rings is 1. The quantitative estimate of drug-likeness (QED) is 0.787. The molecule has 0 saturated heterocycles. The van der Waals surface area contributed by atoms with Gasteiger partial charge in [-0.25, -0.2) is 13.1 Å². The predicted octanol–water partition coefficient (Wildman–Crippen LogP) is 1.87. The first kappa shape index (κ1) is 16.3. The van der Waals surface area contributed by atoms with Crippen LogP contribution in [0.4, 0.5) is 5.69 Å². The summed E-state index contributed by atoms with van der Waals surface area (Å²) in [5, 5.41) is 4.18. The second-order valence-electron chi connectivity index (χ2n) is 4.44. The molecule has 2 N–H and O–H groups in total. The van der Waals surface area contributed by atoms with Gasteiger partial charge in [-0.15, -0.1) is 11.3 Å². The SMILES string of the molecule is CC(=O)c1cccc(NC(=O)CNS(=O)(=O)c2cccs2)c1. The molecule has 1 heterocycles. The van der Waals surface area contributed by atoms with E-state index in [2.05, 4.69) is 10.0 Å². The Morgan fingerprint density at radius 2 is 1.95 bits per heavy atom. The molecule has 0 aliphatic heterocycles. The predicted molar refractivity (Wildman–Crippen MR) is 84.6 cm³/mol. The van der Waals surface area contributed by atoms with Crippen LogP contribution in [0.5, 0.6) is 0 Å². The Bertz CT molecular complexity index is 783. The molecule has 0 fully saturated rings. The highest BCUT2D eigenvalue weighted by Crippen LogP contribution is 2.15. The van der Waals surface area contributed by atoms with E-state index < -0.39 is 15.9 Å².